The second-order valence-corrected chi connectivity index (χ2v) is 4.49. The van der Waals surface area contributed by atoms with Crippen molar-refractivity contribution in [2.75, 3.05) is 11.1 Å². The summed E-state index contributed by atoms with van der Waals surface area (Å²) >= 11 is 1.09. The van der Waals surface area contributed by atoms with Gasteiger partial charge in [-0.15, -0.1) is 5.10 Å². The number of benzene rings is 1. The average molecular weight is 285 g/mol. The van der Waals surface area contributed by atoms with E-state index >= 15 is 0 Å². The molecule has 2 rings (SSSR count). The van der Waals surface area contributed by atoms with Gasteiger partial charge in [-0.25, -0.2) is 13.5 Å². The highest BCUT2D eigenvalue weighted by atomic mass is 32.2. The third-order valence-electron chi connectivity index (χ3n) is 2.12. The summed E-state index contributed by atoms with van der Waals surface area (Å²) in [6.45, 7) is 0. The van der Waals surface area contributed by atoms with E-state index in [1.54, 1.807) is 7.05 Å². The molecule has 0 saturated heterocycles. The van der Waals surface area contributed by atoms with Crippen LogP contribution in [0.25, 0.3) is 0 Å². The number of halogens is 2. The Morgan fingerprint density at radius 3 is 2.95 bits per heavy atom. The van der Waals surface area contributed by atoms with Crippen molar-refractivity contribution in [1.29, 1.82) is 0 Å². The molecule has 0 aliphatic rings. The predicted octanol–water partition coefficient (Wildman–Crippen LogP) is 1.22. The van der Waals surface area contributed by atoms with Crippen molar-refractivity contribution < 1.29 is 13.6 Å². The van der Waals surface area contributed by atoms with Crippen molar-refractivity contribution in [2.45, 2.75) is 5.16 Å². The minimum absolute atomic E-state index is 0.00976. The Bertz CT molecular complexity index is 603. The summed E-state index contributed by atoms with van der Waals surface area (Å²) in [6, 6.07) is 2.84. The van der Waals surface area contributed by atoms with Crippen molar-refractivity contribution in [2.24, 2.45) is 7.05 Å². The van der Waals surface area contributed by atoms with Crippen LogP contribution in [0.3, 0.4) is 0 Å². The van der Waals surface area contributed by atoms with E-state index in [0.717, 1.165) is 30.0 Å². The number of aryl methyl sites for hydroxylation is 1. The van der Waals surface area contributed by atoms with Crippen LogP contribution in [0.2, 0.25) is 0 Å². The maximum atomic E-state index is 13.3. The molecule has 0 aliphatic heterocycles. The molecular formula is C10H9F2N5OS. The molecule has 19 heavy (non-hydrogen) atoms. The molecule has 1 aromatic heterocycles. The van der Waals surface area contributed by atoms with Crippen LogP contribution < -0.4 is 5.32 Å². The SMILES string of the molecule is Cn1nnnc1SCC(=O)Nc1cc(F)ccc1F. The molecule has 1 amide bonds. The largest absolute Gasteiger partial charge is 0.323 e. The third-order valence-corrected chi connectivity index (χ3v) is 3.13. The fraction of sp³-hybridized carbons (Fsp3) is 0.200. The number of nitrogens with one attached hydrogen (secondary N) is 1. The molecular weight excluding hydrogens is 276 g/mol. The molecule has 0 atom stereocenters. The topological polar surface area (TPSA) is 72.7 Å². The van der Waals surface area contributed by atoms with E-state index in [1.165, 1.54) is 4.68 Å². The van der Waals surface area contributed by atoms with Crippen molar-refractivity contribution in [3.8, 4) is 0 Å². The number of nitrogens with zero attached hydrogens (tertiary/aromatic N) is 4. The zero-order valence-electron chi connectivity index (χ0n) is 9.80. The summed E-state index contributed by atoms with van der Waals surface area (Å²) in [6.07, 6.45) is 0. The van der Waals surface area contributed by atoms with Gasteiger partial charge < -0.3 is 5.32 Å². The lowest BCUT2D eigenvalue weighted by Crippen LogP contribution is -2.15. The molecule has 1 N–H and O–H groups in total. The van der Waals surface area contributed by atoms with Crippen LogP contribution in [0.4, 0.5) is 14.5 Å². The molecule has 0 spiro atoms. The first-order chi connectivity index (χ1) is 9.06. The van der Waals surface area contributed by atoms with Crippen molar-refractivity contribution in [3.05, 3.63) is 29.8 Å². The van der Waals surface area contributed by atoms with E-state index in [1.807, 2.05) is 0 Å². The zero-order chi connectivity index (χ0) is 13.8. The van der Waals surface area contributed by atoms with Gasteiger partial charge in [0.25, 0.3) is 0 Å². The lowest BCUT2D eigenvalue weighted by atomic mass is 10.3. The van der Waals surface area contributed by atoms with Gasteiger partial charge in [-0.3, -0.25) is 4.79 Å². The quantitative estimate of drug-likeness (QED) is 0.855. The van der Waals surface area contributed by atoms with E-state index < -0.39 is 17.5 Å². The van der Waals surface area contributed by atoms with Gasteiger partial charge in [0.2, 0.25) is 11.1 Å². The van der Waals surface area contributed by atoms with Crippen LogP contribution in [-0.4, -0.2) is 31.9 Å². The van der Waals surface area contributed by atoms with E-state index in [2.05, 4.69) is 20.8 Å². The fourth-order valence-corrected chi connectivity index (χ4v) is 1.90. The molecule has 1 heterocycles. The number of aromatic nitrogens is 4. The number of amides is 1. The van der Waals surface area contributed by atoms with Crippen molar-refractivity contribution in [3.63, 3.8) is 0 Å². The number of rotatable bonds is 4. The van der Waals surface area contributed by atoms with E-state index in [9.17, 15) is 13.6 Å². The van der Waals surface area contributed by atoms with Gasteiger partial charge in [0.15, 0.2) is 0 Å². The number of tetrazole rings is 1. The second kappa shape index (κ2) is 5.74. The number of carbonyl (C=O) groups excluding carboxylic acids is 1. The minimum atomic E-state index is -0.694. The molecule has 0 radical (unpaired) electrons. The Morgan fingerprint density at radius 2 is 2.26 bits per heavy atom. The van der Waals surface area contributed by atoms with Gasteiger partial charge >= 0.3 is 0 Å². The molecule has 0 unspecified atom stereocenters. The monoisotopic (exact) mass is 285 g/mol. The number of thioether (sulfide) groups is 1. The van der Waals surface area contributed by atoms with Crippen LogP contribution >= 0.6 is 11.8 Å². The summed E-state index contributed by atoms with van der Waals surface area (Å²) in [7, 11) is 1.63. The normalized spacial score (nSPS) is 10.5. The van der Waals surface area contributed by atoms with Crippen LogP contribution in [0.5, 0.6) is 0 Å². The van der Waals surface area contributed by atoms with Crippen LogP contribution in [0.15, 0.2) is 23.4 Å². The van der Waals surface area contributed by atoms with Gasteiger partial charge in [-0.2, -0.15) is 0 Å². The Labute approximate surface area is 111 Å². The first-order valence-corrected chi connectivity index (χ1v) is 6.15. The molecule has 2 aromatic rings. The first-order valence-electron chi connectivity index (χ1n) is 5.16. The Morgan fingerprint density at radius 1 is 1.47 bits per heavy atom. The molecule has 0 bridgehead atoms. The highest BCUT2D eigenvalue weighted by molar-refractivity contribution is 7.99. The number of anilines is 1. The Kier molecular flexibility index (Phi) is 4.05. The first kappa shape index (κ1) is 13.4. The van der Waals surface area contributed by atoms with Crippen LogP contribution in [0, 0.1) is 11.6 Å². The summed E-state index contributed by atoms with van der Waals surface area (Å²) < 4.78 is 27.6. The molecule has 0 fully saturated rings. The highest BCUT2D eigenvalue weighted by Gasteiger charge is 2.10. The lowest BCUT2D eigenvalue weighted by molar-refractivity contribution is -0.113. The smallest absolute Gasteiger partial charge is 0.234 e. The third kappa shape index (κ3) is 3.47. The van der Waals surface area contributed by atoms with Crippen molar-refractivity contribution >= 4 is 23.4 Å². The molecule has 100 valence electrons. The highest BCUT2D eigenvalue weighted by Crippen LogP contribution is 2.17. The number of hydrogen-bond donors (Lipinski definition) is 1. The van der Waals surface area contributed by atoms with Gasteiger partial charge in [0, 0.05) is 13.1 Å². The predicted molar refractivity (Wildman–Crippen MR) is 64.5 cm³/mol. The van der Waals surface area contributed by atoms with E-state index in [4.69, 9.17) is 0 Å². The average Bonchev–Trinajstić information content (AvgIpc) is 2.77. The molecule has 6 nitrogen and oxygen atoms in total. The number of carbonyl (C=O) groups is 1. The van der Waals surface area contributed by atoms with Crippen LogP contribution in [-0.2, 0) is 11.8 Å². The number of hydrogen-bond acceptors (Lipinski definition) is 5. The summed E-state index contributed by atoms with van der Waals surface area (Å²) in [5.74, 6) is -1.80. The summed E-state index contributed by atoms with van der Waals surface area (Å²) in [5, 5.41) is 13.4. The van der Waals surface area contributed by atoms with E-state index in [0.29, 0.717) is 5.16 Å². The van der Waals surface area contributed by atoms with Gasteiger partial charge in [0.1, 0.15) is 11.6 Å². The fourth-order valence-electron chi connectivity index (χ4n) is 1.25. The van der Waals surface area contributed by atoms with Gasteiger partial charge in [0.05, 0.1) is 11.4 Å². The lowest BCUT2D eigenvalue weighted by Gasteiger charge is -2.05. The zero-order valence-corrected chi connectivity index (χ0v) is 10.6. The Hall–Kier alpha value is -2.03. The summed E-state index contributed by atoms with van der Waals surface area (Å²) in [5.41, 5.74) is -0.193. The molecule has 0 aliphatic carbocycles. The molecule has 0 saturated carbocycles. The Balaban J connectivity index is 1.94. The van der Waals surface area contributed by atoms with E-state index in [-0.39, 0.29) is 11.4 Å². The standard InChI is InChI=1S/C10H9F2N5OS/c1-17-10(14-15-16-17)19-5-9(18)13-8-4-6(11)2-3-7(8)12/h2-4H,5H2,1H3,(H,13,18). The van der Waals surface area contributed by atoms with Crippen LogP contribution in [0.1, 0.15) is 0 Å². The summed E-state index contributed by atoms with van der Waals surface area (Å²) in [4.78, 5) is 11.6. The minimum Gasteiger partial charge on any atom is -0.323 e. The molecule has 1 aromatic carbocycles. The second-order valence-electron chi connectivity index (χ2n) is 3.55. The molecule has 9 heteroatoms. The van der Waals surface area contributed by atoms with Gasteiger partial charge in [-0.05, 0) is 22.6 Å². The maximum absolute atomic E-state index is 13.3. The maximum Gasteiger partial charge on any atom is 0.234 e. The van der Waals surface area contributed by atoms with Gasteiger partial charge in [-0.1, -0.05) is 11.8 Å². The van der Waals surface area contributed by atoms with Crippen molar-refractivity contribution in [1.82, 2.24) is 20.2 Å².